The molecule has 0 atom stereocenters. The smallest absolute Gasteiger partial charge is 0.319 e. The average molecular weight is 390 g/mol. The Morgan fingerprint density at radius 2 is 1.79 bits per heavy atom. The minimum absolute atomic E-state index is 0.148. The molecular formula is C22H26N6O. The highest BCUT2D eigenvalue weighted by atomic mass is 16.2. The van der Waals surface area contributed by atoms with E-state index < -0.39 is 0 Å². The van der Waals surface area contributed by atoms with E-state index in [0.717, 1.165) is 54.5 Å². The van der Waals surface area contributed by atoms with Crippen LogP contribution < -0.4 is 15.5 Å². The fourth-order valence-corrected chi connectivity index (χ4v) is 3.63. The zero-order valence-electron chi connectivity index (χ0n) is 16.8. The Balaban J connectivity index is 1.34. The van der Waals surface area contributed by atoms with Crippen molar-refractivity contribution in [3.8, 4) is 5.69 Å². The van der Waals surface area contributed by atoms with Crippen molar-refractivity contribution >= 4 is 17.5 Å². The topological polar surface area (TPSA) is 75.1 Å². The SMILES string of the molecule is Cc1cccc(N2CCC(NC(=O)Nc3ccccc3-n3ccc(C)n3)CC2)n1. The Bertz CT molecular complexity index is 990. The van der Waals surface area contributed by atoms with Crippen molar-refractivity contribution in [2.24, 2.45) is 0 Å². The number of hydrogen-bond acceptors (Lipinski definition) is 4. The second kappa shape index (κ2) is 8.34. The fraction of sp³-hybridized carbons (Fsp3) is 0.318. The molecule has 1 aliphatic heterocycles. The minimum Gasteiger partial charge on any atom is -0.356 e. The van der Waals surface area contributed by atoms with Crippen molar-refractivity contribution in [3.05, 3.63) is 66.1 Å². The molecule has 0 unspecified atom stereocenters. The summed E-state index contributed by atoms with van der Waals surface area (Å²) in [5.41, 5.74) is 3.53. The van der Waals surface area contributed by atoms with Gasteiger partial charge in [0.05, 0.1) is 17.1 Å². The number of rotatable bonds is 4. The maximum Gasteiger partial charge on any atom is 0.319 e. The summed E-state index contributed by atoms with van der Waals surface area (Å²) in [7, 11) is 0. The highest BCUT2D eigenvalue weighted by Gasteiger charge is 2.22. The molecule has 3 aromatic rings. The second-order valence-electron chi connectivity index (χ2n) is 7.42. The van der Waals surface area contributed by atoms with E-state index in [1.54, 1.807) is 4.68 Å². The molecule has 0 saturated carbocycles. The van der Waals surface area contributed by atoms with Crippen LogP contribution in [0.4, 0.5) is 16.3 Å². The first-order chi connectivity index (χ1) is 14.1. The molecule has 0 aliphatic carbocycles. The summed E-state index contributed by atoms with van der Waals surface area (Å²) in [6, 6.07) is 15.7. The van der Waals surface area contributed by atoms with E-state index >= 15 is 0 Å². The summed E-state index contributed by atoms with van der Waals surface area (Å²) in [6.07, 6.45) is 3.68. The number of aryl methyl sites for hydroxylation is 2. The van der Waals surface area contributed by atoms with E-state index in [9.17, 15) is 4.79 Å². The van der Waals surface area contributed by atoms with Gasteiger partial charge in [-0.3, -0.25) is 0 Å². The van der Waals surface area contributed by atoms with E-state index in [1.807, 2.05) is 68.6 Å². The number of urea groups is 1. The van der Waals surface area contributed by atoms with Crippen molar-refractivity contribution in [2.45, 2.75) is 32.7 Å². The van der Waals surface area contributed by atoms with Gasteiger partial charge in [0.2, 0.25) is 0 Å². The number of anilines is 2. The first kappa shape index (κ1) is 19.0. The number of carbonyl (C=O) groups excluding carboxylic acids is 1. The molecule has 7 heteroatoms. The number of piperidine rings is 1. The number of carbonyl (C=O) groups is 1. The lowest BCUT2D eigenvalue weighted by Gasteiger charge is -2.33. The second-order valence-corrected chi connectivity index (χ2v) is 7.42. The van der Waals surface area contributed by atoms with E-state index in [1.165, 1.54) is 0 Å². The number of para-hydroxylation sites is 2. The predicted octanol–water partition coefficient (Wildman–Crippen LogP) is 3.67. The monoisotopic (exact) mass is 390 g/mol. The van der Waals surface area contributed by atoms with Crippen molar-refractivity contribution in [1.82, 2.24) is 20.1 Å². The molecular weight excluding hydrogens is 364 g/mol. The van der Waals surface area contributed by atoms with Gasteiger partial charge in [-0.2, -0.15) is 5.10 Å². The molecule has 2 amide bonds. The van der Waals surface area contributed by atoms with Crippen LogP contribution in [-0.2, 0) is 0 Å². The standard InChI is InChI=1S/C22H26N6O/c1-16-6-5-9-21(23-16)27-13-11-18(12-14-27)24-22(29)25-19-7-3-4-8-20(19)28-15-10-17(2)26-28/h3-10,15,18H,11-14H2,1-2H3,(H2,24,25,29). The van der Waals surface area contributed by atoms with Gasteiger partial charge in [0.15, 0.2) is 0 Å². The summed E-state index contributed by atoms with van der Waals surface area (Å²) < 4.78 is 1.78. The third-order valence-corrected chi connectivity index (χ3v) is 5.15. The number of aromatic nitrogens is 3. The fourth-order valence-electron chi connectivity index (χ4n) is 3.63. The van der Waals surface area contributed by atoms with Crippen LogP contribution in [-0.4, -0.2) is 39.9 Å². The van der Waals surface area contributed by atoms with E-state index in [4.69, 9.17) is 0 Å². The number of hydrogen-bond donors (Lipinski definition) is 2. The first-order valence-corrected chi connectivity index (χ1v) is 9.96. The zero-order chi connectivity index (χ0) is 20.2. The van der Waals surface area contributed by atoms with Gasteiger partial charge in [-0.15, -0.1) is 0 Å². The zero-order valence-corrected chi connectivity index (χ0v) is 16.8. The van der Waals surface area contributed by atoms with Gasteiger partial charge < -0.3 is 15.5 Å². The molecule has 1 aromatic carbocycles. The molecule has 4 rings (SSSR count). The molecule has 0 radical (unpaired) electrons. The Labute approximate surface area is 170 Å². The molecule has 0 spiro atoms. The van der Waals surface area contributed by atoms with Crippen LogP contribution in [0.25, 0.3) is 5.69 Å². The van der Waals surface area contributed by atoms with Crippen LogP contribution in [0.1, 0.15) is 24.2 Å². The Morgan fingerprint density at radius 1 is 1.00 bits per heavy atom. The van der Waals surface area contributed by atoms with Crippen LogP contribution in [0.3, 0.4) is 0 Å². The van der Waals surface area contributed by atoms with Crippen molar-refractivity contribution < 1.29 is 4.79 Å². The van der Waals surface area contributed by atoms with Crippen LogP contribution in [0, 0.1) is 13.8 Å². The van der Waals surface area contributed by atoms with Gasteiger partial charge in [-0.05, 0) is 57.0 Å². The predicted molar refractivity (Wildman–Crippen MR) is 115 cm³/mol. The summed E-state index contributed by atoms with van der Waals surface area (Å²) in [4.78, 5) is 19.5. The Morgan fingerprint density at radius 3 is 2.52 bits per heavy atom. The van der Waals surface area contributed by atoms with Gasteiger partial charge in [0.1, 0.15) is 5.82 Å². The molecule has 0 bridgehead atoms. The van der Waals surface area contributed by atoms with Crippen LogP contribution in [0.15, 0.2) is 54.7 Å². The number of nitrogens with one attached hydrogen (secondary N) is 2. The van der Waals surface area contributed by atoms with Gasteiger partial charge in [-0.25, -0.2) is 14.5 Å². The third-order valence-electron chi connectivity index (χ3n) is 5.15. The van der Waals surface area contributed by atoms with Gasteiger partial charge in [0, 0.05) is 31.0 Å². The number of amides is 2. The normalized spacial score (nSPS) is 14.6. The quantitative estimate of drug-likeness (QED) is 0.713. The van der Waals surface area contributed by atoms with E-state index in [-0.39, 0.29) is 12.1 Å². The van der Waals surface area contributed by atoms with Crippen molar-refractivity contribution in [3.63, 3.8) is 0 Å². The molecule has 1 aliphatic rings. The molecule has 2 aromatic heterocycles. The summed E-state index contributed by atoms with van der Waals surface area (Å²) >= 11 is 0. The molecule has 1 fully saturated rings. The highest BCUT2D eigenvalue weighted by molar-refractivity contribution is 5.91. The summed E-state index contributed by atoms with van der Waals surface area (Å²) in [5.74, 6) is 1.01. The highest BCUT2D eigenvalue weighted by Crippen LogP contribution is 2.21. The molecule has 150 valence electrons. The van der Waals surface area contributed by atoms with Crippen molar-refractivity contribution in [1.29, 1.82) is 0 Å². The number of nitrogens with zero attached hydrogens (tertiary/aromatic N) is 4. The summed E-state index contributed by atoms with van der Waals surface area (Å²) in [6.45, 7) is 5.71. The maximum atomic E-state index is 12.6. The molecule has 2 N–H and O–H groups in total. The van der Waals surface area contributed by atoms with Crippen LogP contribution in [0.2, 0.25) is 0 Å². The van der Waals surface area contributed by atoms with E-state index in [0.29, 0.717) is 0 Å². The molecule has 1 saturated heterocycles. The third kappa shape index (κ3) is 4.56. The van der Waals surface area contributed by atoms with Gasteiger partial charge >= 0.3 is 6.03 Å². The number of benzene rings is 1. The Kier molecular flexibility index (Phi) is 5.46. The largest absolute Gasteiger partial charge is 0.356 e. The van der Waals surface area contributed by atoms with Gasteiger partial charge in [0.25, 0.3) is 0 Å². The summed E-state index contributed by atoms with van der Waals surface area (Å²) in [5, 5.41) is 10.5. The lowest BCUT2D eigenvalue weighted by Crippen LogP contribution is -2.46. The number of pyridine rings is 1. The molecule has 3 heterocycles. The lowest BCUT2D eigenvalue weighted by molar-refractivity contribution is 0.246. The van der Waals surface area contributed by atoms with Crippen LogP contribution in [0.5, 0.6) is 0 Å². The Hall–Kier alpha value is -3.35. The first-order valence-electron chi connectivity index (χ1n) is 9.96. The lowest BCUT2D eigenvalue weighted by atomic mass is 10.1. The van der Waals surface area contributed by atoms with Crippen molar-refractivity contribution in [2.75, 3.05) is 23.3 Å². The minimum atomic E-state index is -0.187. The average Bonchev–Trinajstić information content (AvgIpc) is 3.15. The molecule has 7 nitrogen and oxygen atoms in total. The van der Waals surface area contributed by atoms with E-state index in [2.05, 4.69) is 25.6 Å². The maximum absolute atomic E-state index is 12.6. The molecule has 29 heavy (non-hydrogen) atoms. The van der Waals surface area contributed by atoms with Crippen LogP contribution >= 0.6 is 0 Å². The van der Waals surface area contributed by atoms with Gasteiger partial charge in [-0.1, -0.05) is 18.2 Å².